The van der Waals surface area contributed by atoms with Crippen LogP contribution < -0.4 is 8.85 Å². The largest absolute Gasteiger partial charge is 0.541 e. The van der Waals surface area contributed by atoms with Crippen LogP contribution in [0.5, 0.6) is 11.5 Å². The summed E-state index contributed by atoms with van der Waals surface area (Å²) < 4.78 is 13.1. The summed E-state index contributed by atoms with van der Waals surface area (Å²) in [5, 5.41) is 10.2. The van der Waals surface area contributed by atoms with Crippen molar-refractivity contribution in [3.05, 3.63) is 23.8 Å². The number of rotatable bonds is 5. The van der Waals surface area contributed by atoms with E-state index >= 15 is 0 Å². The summed E-state index contributed by atoms with van der Waals surface area (Å²) in [5.74, 6) is 1.58. The van der Waals surface area contributed by atoms with Crippen molar-refractivity contribution in [2.75, 3.05) is 0 Å². The molecule has 5 heteroatoms. The van der Waals surface area contributed by atoms with E-state index in [-0.39, 0.29) is 10.1 Å². The summed E-state index contributed by atoms with van der Waals surface area (Å²) in [4.78, 5) is 0. The van der Waals surface area contributed by atoms with Crippen molar-refractivity contribution in [1.29, 1.82) is 0 Å². The highest BCUT2D eigenvalue weighted by molar-refractivity contribution is 6.75. The van der Waals surface area contributed by atoms with Crippen LogP contribution in [0.1, 0.15) is 60.1 Å². The van der Waals surface area contributed by atoms with Crippen molar-refractivity contribution in [3.63, 3.8) is 0 Å². The highest BCUT2D eigenvalue weighted by Gasteiger charge is 2.42. The normalized spacial score (nSPS) is 15.0. The molecule has 3 nitrogen and oxygen atoms in total. The first-order valence-electron chi connectivity index (χ1n) is 9.18. The van der Waals surface area contributed by atoms with Crippen LogP contribution in [0.4, 0.5) is 0 Å². The summed E-state index contributed by atoms with van der Waals surface area (Å²) >= 11 is 0. The molecule has 0 spiro atoms. The Hall–Kier alpha value is -0.786. The summed E-state index contributed by atoms with van der Waals surface area (Å²) in [6.45, 7) is 24.1. The van der Waals surface area contributed by atoms with Crippen LogP contribution in [0.2, 0.25) is 36.3 Å². The van der Waals surface area contributed by atoms with E-state index in [1.165, 1.54) is 0 Å². The Labute approximate surface area is 157 Å². The van der Waals surface area contributed by atoms with Crippen molar-refractivity contribution in [2.24, 2.45) is 0 Å². The Kier molecular flexibility index (Phi) is 6.31. The van der Waals surface area contributed by atoms with Crippen molar-refractivity contribution < 1.29 is 14.0 Å². The van der Waals surface area contributed by atoms with E-state index in [0.717, 1.165) is 17.1 Å². The molecule has 1 aromatic carbocycles. The summed E-state index contributed by atoms with van der Waals surface area (Å²) in [5.41, 5.74) is 0.858. The lowest BCUT2D eigenvalue weighted by Gasteiger charge is -2.39. The molecule has 1 unspecified atom stereocenters. The van der Waals surface area contributed by atoms with Crippen LogP contribution in [0.15, 0.2) is 18.2 Å². The van der Waals surface area contributed by atoms with E-state index in [0.29, 0.717) is 0 Å². The molecule has 1 N–H and O–H groups in total. The first-order chi connectivity index (χ1) is 11.0. The third-order valence-corrected chi connectivity index (χ3v) is 14.5. The molecule has 1 aromatic rings. The maximum atomic E-state index is 9.98. The second-order valence-corrected chi connectivity index (χ2v) is 19.6. The quantitative estimate of drug-likeness (QED) is 0.590. The number of aliphatic hydroxyl groups excluding tert-OH is 1. The Morgan fingerprint density at radius 3 is 1.56 bits per heavy atom. The molecule has 25 heavy (non-hydrogen) atoms. The SMILES string of the molecule is CC(O)c1ccc(O[Si](C)(C)C(C)(C)C)c(O[Si](C)(C)C(C)(C)C)c1. The lowest BCUT2D eigenvalue weighted by Crippen LogP contribution is -2.45. The molecule has 0 saturated carbocycles. The second-order valence-electron chi connectivity index (χ2n) is 10.1. The average molecular weight is 383 g/mol. The Morgan fingerprint density at radius 2 is 1.20 bits per heavy atom. The summed E-state index contributed by atoms with van der Waals surface area (Å²) in [6.07, 6.45) is -0.524. The Balaban J connectivity index is 3.35. The first kappa shape index (κ1) is 22.3. The standard InChI is InChI=1S/C20H38O3Si2/c1-15(21)16-12-13-17(22-24(8,9)19(2,3)4)18(14-16)23-25(10,11)20(5,6)7/h12-15,21H,1-11H3. The van der Waals surface area contributed by atoms with E-state index in [1.807, 2.05) is 18.2 Å². The number of aliphatic hydroxyl groups is 1. The van der Waals surface area contributed by atoms with Gasteiger partial charge in [0.1, 0.15) is 11.5 Å². The van der Waals surface area contributed by atoms with E-state index in [2.05, 4.69) is 67.7 Å². The van der Waals surface area contributed by atoms with Gasteiger partial charge in [-0.05, 0) is 60.9 Å². The van der Waals surface area contributed by atoms with Gasteiger partial charge in [0.2, 0.25) is 0 Å². The fourth-order valence-corrected chi connectivity index (χ4v) is 3.84. The van der Waals surface area contributed by atoms with E-state index in [1.54, 1.807) is 6.92 Å². The van der Waals surface area contributed by atoms with Gasteiger partial charge in [-0.2, -0.15) is 0 Å². The highest BCUT2D eigenvalue weighted by atomic mass is 28.4. The van der Waals surface area contributed by atoms with Crippen LogP contribution in [0.25, 0.3) is 0 Å². The topological polar surface area (TPSA) is 38.7 Å². The molecule has 144 valence electrons. The average Bonchev–Trinajstić information content (AvgIpc) is 2.37. The van der Waals surface area contributed by atoms with Crippen molar-refractivity contribution in [1.82, 2.24) is 0 Å². The van der Waals surface area contributed by atoms with Gasteiger partial charge >= 0.3 is 0 Å². The Bertz CT molecular complexity index is 594. The van der Waals surface area contributed by atoms with Crippen molar-refractivity contribution in [3.8, 4) is 11.5 Å². The van der Waals surface area contributed by atoms with Crippen molar-refractivity contribution >= 4 is 16.6 Å². The maximum absolute atomic E-state index is 9.98. The third kappa shape index (κ3) is 5.34. The zero-order valence-corrected chi connectivity index (χ0v) is 20.1. The molecule has 0 amide bonds. The molecule has 0 aliphatic rings. The van der Waals surface area contributed by atoms with Gasteiger partial charge in [-0.15, -0.1) is 0 Å². The molecule has 0 radical (unpaired) electrons. The minimum absolute atomic E-state index is 0.0993. The lowest BCUT2D eigenvalue weighted by atomic mass is 10.1. The molecule has 0 aliphatic heterocycles. The van der Waals surface area contributed by atoms with Gasteiger partial charge in [-0.1, -0.05) is 47.6 Å². The van der Waals surface area contributed by atoms with Crippen LogP contribution >= 0.6 is 0 Å². The Morgan fingerprint density at radius 1 is 0.800 bits per heavy atom. The zero-order valence-electron chi connectivity index (χ0n) is 18.1. The molecule has 0 fully saturated rings. The number of hydrogen-bond donors (Lipinski definition) is 1. The predicted molar refractivity (Wildman–Crippen MR) is 113 cm³/mol. The molecular formula is C20H38O3Si2. The number of benzene rings is 1. The van der Waals surface area contributed by atoms with Crippen LogP contribution in [-0.2, 0) is 0 Å². The molecule has 1 rings (SSSR count). The van der Waals surface area contributed by atoms with Gasteiger partial charge in [0.25, 0.3) is 16.6 Å². The smallest absolute Gasteiger partial charge is 0.250 e. The second kappa shape index (κ2) is 7.08. The molecular weight excluding hydrogens is 344 g/mol. The first-order valence-corrected chi connectivity index (χ1v) is 15.0. The number of hydrogen-bond acceptors (Lipinski definition) is 3. The van der Waals surface area contributed by atoms with Gasteiger partial charge in [0.15, 0.2) is 0 Å². The monoisotopic (exact) mass is 382 g/mol. The molecule has 0 bridgehead atoms. The third-order valence-electron chi connectivity index (χ3n) is 5.79. The highest BCUT2D eigenvalue weighted by Crippen LogP contribution is 2.44. The van der Waals surface area contributed by atoms with E-state index in [9.17, 15) is 5.11 Å². The van der Waals surface area contributed by atoms with E-state index in [4.69, 9.17) is 8.85 Å². The van der Waals surface area contributed by atoms with Gasteiger partial charge in [0, 0.05) is 0 Å². The minimum Gasteiger partial charge on any atom is -0.541 e. The van der Waals surface area contributed by atoms with Gasteiger partial charge in [-0.25, -0.2) is 0 Å². The van der Waals surface area contributed by atoms with Gasteiger partial charge in [-0.3, -0.25) is 0 Å². The molecule has 0 heterocycles. The molecule has 0 aliphatic carbocycles. The lowest BCUT2D eigenvalue weighted by molar-refractivity contribution is 0.199. The molecule has 0 aromatic heterocycles. The van der Waals surface area contributed by atoms with Crippen LogP contribution in [-0.4, -0.2) is 21.7 Å². The fourth-order valence-electron chi connectivity index (χ4n) is 1.80. The van der Waals surface area contributed by atoms with Gasteiger partial charge in [0.05, 0.1) is 6.10 Å². The summed E-state index contributed by atoms with van der Waals surface area (Å²) in [6, 6.07) is 5.85. The van der Waals surface area contributed by atoms with Gasteiger partial charge < -0.3 is 14.0 Å². The van der Waals surface area contributed by atoms with Crippen LogP contribution in [0.3, 0.4) is 0 Å². The van der Waals surface area contributed by atoms with E-state index < -0.39 is 22.7 Å². The maximum Gasteiger partial charge on any atom is 0.250 e. The minimum atomic E-state index is -2.00. The molecule has 0 saturated heterocycles. The van der Waals surface area contributed by atoms with Crippen molar-refractivity contribution in [2.45, 2.75) is 90.8 Å². The predicted octanol–water partition coefficient (Wildman–Crippen LogP) is 6.51. The van der Waals surface area contributed by atoms with Crippen LogP contribution in [0, 0.1) is 0 Å². The molecule has 1 atom stereocenters. The fraction of sp³-hybridized carbons (Fsp3) is 0.700. The summed E-state index contributed by atoms with van der Waals surface area (Å²) in [7, 11) is -3.97. The zero-order chi connectivity index (χ0) is 19.8.